The fourth-order valence-electron chi connectivity index (χ4n) is 1.50. The first-order valence-electron chi connectivity index (χ1n) is 5.56. The predicted octanol–water partition coefficient (Wildman–Crippen LogP) is 1.45. The number of rotatable bonds is 4. The average molecular weight is 281 g/mol. The van der Waals surface area contributed by atoms with Crippen LogP contribution in [0.1, 0.15) is 5.56 Å². The number of aromatic nitrogens is 3. The number of anilines is 1. The minimum atomic E-state index is -0.334. The zero-order valence-corrected chi connectivity index (χ0v) is 11.3. The molecule has 1 N–H and O–H groups in total. The zero-order chi connectivity index (χ0) is 13.8. The van der Waals surface area contributed by atoms with E-state index in [1.165, 1.54) is 10.9 Å². The molecule has 100 valence electrons. The smallest absolute Gasteiger partial charge is 0.287 e. The van der Waals surface area contributed by atoms with Gasteiger partial charge in [-0.2, -0.15) is 5.10 Å². The van der Waals surface area contributed by atoms with E-state index in [-0.39, 0.29) is 10.6 Å². The van der Waals surface area contributed by atoms with Gasteiger partial charge < -0.3 is 10.1 Å². The van der Waals surface area contributed by atoms with E-state index in [2.05, 4.69) is 15.4 Å². The van der Waals surface area contributed by atoms with Gasteiger partial charge in [0.2, 0.25) is 5.88 Å². The molecule has 0 fully saturated rings. The van der Waals surface area contributed by atoms with Crippen LogP contribution < -0.4 is 15.6 Å². The second-order valence-corrected chi connectivity index (χ2v) is 4.24. The summed E-state index contributed by atoms with van der Waals surface area (Å²) in [6.07, 6.45) is 3.17. The molecule has 19 heavy (non-hydrogen) atoms. The Morgan fingerprint density at radius 2 is 2.32 bits per heavy atom. The lowest BCUT2D eigenvalue weighted by atomic mass is 10.2. The van der Waals surface area contributed by atoms with Gasteiger partial charge in [-0.3, -0.25) is 4.79 Å². The van der Waals surface area contributed by atoms with Crippen LogP contribution in [0.25, 0.3) is 0 Å². The summed E-state index contributed by atoms with van der Waals surface area (Å²) < 4.78 is 6.22. The highest BCUT2D eigenvalue weighted by atomic mass is 35.5. The second kappa shape index (κ2) is 5.71. The van der Waals surface area contributed by atoms with Crippen LogP contribution in [-0.4, -0.2) is 21.9 Å². The van der Waals surface area contributed by atoms with Gasteiger partial charge in [0, 0.05) is 25.9 Å². The summed E-state index contributed by atoms with van der Waals surface area (Å²) in [5, 5.41) is 7.09. The van der Waals surface area contributed by atoms with Crippen molar-refractivity contribution in [3.63, 3.8) is 0 Å². The lowest BCUT2D eigenvalue weighted by molar-refractivity contribution is 0.397. The number of nitrogens with one attached hydrogen (secondary N) is 1. The first kappa shape index (κ1) is 13.4. The largest absolute Gasteiger partial charge is 0.481 e. The van der Waals surface area contributed by atoms with Crippen LogP contribution in [-0.2, 0) is 13.6 Å². The molecule has 0 atom stereocenters. The van der Waals surface area contributed by atoms with Crippen LogP contribution in [0.3, 0.4) is 0 Å². The van der Waals surface area contributed by atoms with Crippen molar-refractivity contribution in [3.05, 3.63) is 45.5 Å². The maximum Gasteiger partial charge on any atom is 0.287 e. The lowest BCUT2D eigenvalue weighted by Gasteiger charge is -2.09. The number of ether oxygens (including phenoxy) is 1. The number of methoxy groups -OCH3 is 1. The van der Waals surface area contributed by atoms with Gasteiger partial charge >= 0.3 is 0 Å². The van der Waals surface area contributed by atoms with E-state index in [9.17, 15) is 4.79 Å². The van der Waals surface area contributed by atoms with Crippen molar-refractivity contribution in [2.24, 2.45) is 7.05 Å². The molecule has 0 aromatic carbocycles. The molecule has 0 amide bonds. The molecule has 2 aromatic heterocycles. The van der Waals surface area contributed by atoms with E-state index < -0.39 is 0 Å². The molecule has 0 aliphatic heterocycles. The molecule has 0 unspecified atom stereocenters. The van der Waals surface area contributed by atoms with E-state index in [1.54, 1.807) is 26.4 Å². The van der Waals surface area contributed by atoms with Gasteiger partial charge in [-0.15, -0.1) is 0 Å². The Balaban J connectivity index is 2.14. The Morgan fingerprint density at radius 3 is 3.05 bits per heavy atom. The fourth-order valence-corrected chi connectivity index (χ4v) is 1.74. The van der Waals surface area contributed by atoms with E-state index in [0.717, 1.165) is 5.56 Å². The van der Waals surface area contributed by atoms with Gasteiger partial charge in [0.1, 0.15) is 5.02 Å². The highest BCUT2D eigenvalue weighted by Gasteiger charge is 2.07. The van der Waals surface area contributed by atoms with Gasteiger partial charge in [-0.25, -0.2) is 9.67 Å². The maximum absolute atomic E-state index is 11.6. The van der Waals surface area contributed by atoms with E-state index >= 15 is 0 Å². The Bertz CT molecular complexity index is 642. The number of nitrogens with zero attached hydrogens (tertiary/aromatic N) is 3. The van der Waals surface area contributed by atoms with Crippen LogP contribution in [0.15, 0.2) is 29.3 Å². The summed E-state index contributed by atoms with van der Waals surface area (Å²) in [6, 6.07) is 3.65. The summed E-state index contributed by atoms with van der Waals surface area (Å²) in [6.45, 7) is 0.493. The third-order valence-electron chi connectivity index (χ3n) is 2.57. The van der Waals surface area contributed by atoms with Crippen molar-refractivity contribution >= 4 is 17.3 Å². The first-order chi connectivity index (χ1) is 9.11. The number of halogens is 1. The average Bonchev–Trinajstić information content (AvgIpc) is 2.44. The molecule has 0 bridgehead atoms. The molecular weight excluding hydrogens is 268 g/mol. The lowest BCUT2D eigenvalue weighted by Crippen LogP contribution is -2.21. The van der Waals surface area contributed by atoms with Crippen molar-refractivity contribution < 1.29 is 4.74 Å². The zero-order valence-electron chi connectivity index (χ0n) is 10.6. The summed E-state index contributed by atoms with van der Waals surface area (Å²) in [7, 11) is 3.10. The molecular formula is C12H13ClN4O2. The highest BCUT2D eigenvalue weighted by Crippen LogP contribution is 2.17. The SMILES string of the molecule is COc1cc(CNc2cnn(C)c(=O)c2Cl)ccn1. The Hall–Kier alpha value is -2.08. The minimum Gasteiger partial charge on any atom is -0.481 e. The van der Waals surface area contributed by atoms with Gasteiger partial charge in [0.05, 0.1) is 19.0 Å². The normalized spacial score (nSPS) is 10.3. The maximum atomic E-state index is 11.6. The van der Waals surface area contributed by atoms with Crippen LogP contribution in [0.4, 0.5) is 5.69 Å². The molecule has 0 spiro atoms. The number of hydrogen-bond acceptors (Lipinski definition) is 5. The molecule has 0 aliphatic rings. The van der Waals surface area contributed by atoms with Crippen LogP contribution in [0.5, 0.6) is 5.88 Å². The quantitative estimate of drug-likeness (QED) is 0.918. The Kier molecular flexibility index (Phi) is 4.01. The van der Waals surface area contributed by atoms with Crippen molar-refractivity contribution in [1.82, 2.24) is 14.8 Å². The first-order valence-corrected chi connectivity index (χ1v) is 5.94. The van der Waals surface area contributed by atoms with Crippen molar-refractivity contribution in [2.75, 3.05) is 12.4 Å². The van der Waals surface area contributed by atoms with Gasteiger partial charge in [-0.1, -0.05) is 11.6 Å². The van der Waals surface area contributed by atoms with Gasteiger partial charge in [0.15, 0.2) is 0 Å². The minimum absolute atomic E-state index is 0.124. The standard InChI is InChI=1S/C12H13ClN4O2/c1-17-12(18)11(13)9(7-16-17)15-6-8-3-4-14-10(5-8)19-2/h3-5,7,15H,6H2,1-2H3. The Morgan fingerprint density at radius 1 is 1.53 bits per heavy atom. The van der Waals surface area contributed by atoms with Crippen molar-refractivity contribution in [1.29, 1.82) is 0 Å². The topological polar surface area (TPSA) is 69.0 Å². The number of hydrogen-bond donors (Lipinski definition) is 1. The van der Waals surface area contributed by atoms with E-state index in [1.807, 2.05) is 6.07 Å². The highest BCUT2D eigenvalue weighted by molar-refractivity contribution is 6.32. The van der Waals surface area contributed by atoms with Crippen LogP contribution in [0, 0.1) is 0 Å². The molecule has 6 nitrogen and oxygen atoms in total. The second-order valence-electron chi connectivity index (χ2n) is 3.86. The predicted molar refractivity (Wildman–Crippen MR) is 72.6 cm³/mol. The fraction of sp³-hybridized carbons (Fsp3) is 0.250. The molecule has 0 aliphatic carbocycles. The number of pyridine rings is 1. The molecule has 0 saturated carbocycles. The number of aryl methyl sites for hydroxylation is 1. The summed E-state index contributed by atoms with van der Waals surface area (Å²) in [5.41, 5.74) is 1.13. The summed E-state index contributed by atoms with van der Waals surface area (Å²) in [4.78, 5) is 15.6. The van der Waals surface area contributed by atoms with Gasteiger partial charge in [-0.05, 0) is 11.6 Å². The third kappa shape index (κ3) is 3.03. The van der Waals surface area contributed by atoms with Crippen LogP contribution in [0.2, 0.25) is 5.02 Å². The van der Waals surface area contributed by atoms with E-state index in [0.29, 0.717) is 18.1 Å². The molecule has 0 saturated heterocycles. The molecule has 7 heteroatoms. The molecule has 2 rings (SSSR count). The summed E-state index contributed by atoms with van der Waals surface area (Å²) >= 11 is 5.95. The van der Waals surface area contributed by atoms with Crippen molar-refractivity contribution in [3.8, 4) is 5.88 Å². The molecule has 0 radical (unpaired) electrons. The van der Waals surface area contributed by atoms with E-state index in [4.69, 9.17) is 16.3 Å². The third-order valence-corrected chi connectivity index (χ3v) is 2.93. The van der Waals surface area contributed by atoms with Gasteiger partial charge in [0.25, 0.3) is 5.56 Å². The summed E-state index contributed by atoms with van der Waals surface area (Å²) in [5.74, 6) is 0.535. The molecule has 2 aromatic rings. The molecule has 2 heterocycles. The van der Waals surface area contributed by atoms with Crippen LogP contribution >= 0.6 is 11.6 Å². The van der Waals surface area contributed by atoms with Crippen molar-refractivity contribution in [2.45, 2.75) is 6.54 Å². The monoisotopic (exact) mass is 280 g/mol. The Labute approximate surface area is 115 Å².